The quantitative estimate of drug-likeness (QED) is 0.755. The standard InChI is InChI=1S/C16H22O5/c1-6-8-21-12-9-11(7-2)10(3)13(15(17)19-4)14(12)16(18)20-5/h9H,6-8H2,1-5H3. The Morgan fingerprint density at radius 3 is 2.10 bits per heavy atom. The molecule has 5 nitrogen and oxygen atoms in total. The van der Waals surface area contributed by atoms with Crippen LogP contribution in [0.2, 0.25) is 0 Å². The molecule has 0 radical (unpaired) electrons. The topological polar surface area (TPSA) is 61.8 Å². The van der Waals surface area contributed by atoms with Crippen molar-refractivity contribution in [2.75, 3.05) is 20.8 Å². The zero-order chi connectivity index (χ0) is 16.0. The summed E-state index contributed by atoms with van der Waals surface area (Å²) in [6.07, 6.45) is 1.52. The lowest BCUT2D eigenvalue weighted by Crippen LogP contribution is -2.17. The van der Waals surface area contributed by atoms with Gasteiger partial charge in [-0.1, -0.05) is 13.8 Å². The molecule has 0 aromatic heterocycles. The Morgan fingerprint density at radius 1 is 1.05 bits per heavy atom. The van der Waals surface area contributed by atoms with E-state index in [-0.39, 0.29) is 11.1 Å². The average molecular weight is 294 g/mol. The van der Waals surface area contributed by atoms with E-state index in [4.69, 9.17) is 14.2 Å². The summed E-state index contributed by atoms with van der Waals surface area (Å²) in [4.78, 5) is 24.2. The summed E-state index contributed by atoms with van der Waals surface area (Å²) in [6.45, 7) is 6.19. The summed E-state index contributed by atoms with van der Waals surface area (Å²) in [5.41, 5.74) is 2.00. The molecule has 0 amide bonds. The maximum atomic E-state index is 12.1. The van der Waals surface area contributed by atoms with Crippen LogP contribution in [0.25, 0.3) is 0 Å². The Labute approximate surface area is 125 Å². The van der Waals surface area contributed by atoms with Gasteiger partial charge in [-0.2, -0.15) is 0 Å². The van der Waals surface area contributed by atoms with Crippen LogP contribution in [0.5, 0.6) is 5.75 Å². The Morgan fingerprint density at radius 2 is 1.62 bits per heavy atom. The highest BCUT2D eigenvalue weighted by Gasteiger charge is 2.27. The van der Waals surface area contributed by atoms with Crippen LogP contribution in [-0.4, -0.2) is 32.8 Å². The Bertz CT molecular complexity index is 534. The van der Waals surface area contributed by atoms with Crippen LogP contribution in [0.15, 0.2) is 6.07 Å². The Kier molecular flexibility index (Phi) is 6.21. The minimum Gasteiger partial charge on any atom is -0.493 e. The van der Waals surface area contributed by atoms with E-state index < -0.39 is 11.9 Å². The lowest BCUT2D eigenvalue weighted by Gasteiger charge is -2.17. The van der Waals surface area contributed by atoms with Crippen molar-refractivity contribution in [1.29, 1.82) is 0 Å². The zero-order valence-electron chi connectivity index (χ0n) is 13.2. The first kappa shape index (κ1) is 17.0. The summed E-state index contributed by atoms with van der Waals surface area (Å²) < 4.78 is 15.2. The molecule has 1 aromatic carbocycles. The number of esters is 2. The summed E-state index contributed by atoms with van der Waals surface area (Å²) >= 11 is 0. The smallest absolute Gasteiger partial charge is 0.342 e. The third-order valence-electron chi connectivity index (χ3n) is 3.28. The molecule has 0 unspecified atom stereocenters. The van der Waals surface area contributed by atoms with Crippen LogP contribution in [-0.2, 0) is 15.9 Å². The molecular weight excluding hydrogens is 272 g/mol. The van der Waals surface area contributed by atoms with E-state index in [1.165, 1.54) is 14.2 Å². The molecular formula is C16H22O5. The van der Waals surface area contributed by atoms with Gasteiger partial charge < -0.3 is 14.2 Å². The van der Waals surface area contributed by atoms with E-state index in [0.717, 1.165) is 18.4 Å². The number of aryl methyl sites for hydroxylation is 1. The van der Waals surface area contributed by atoms with Crippen LogP contribution in [0.3, 0.4) is 0 Å². The maximum Gasteiger partial charge on any atom is 0.342 e. The van der Waals surface area contributed by atoms with Crippen molar-refractivity contribution in [3.63, 3.8) is 0 Å². The van der Waals surface area contributed by atoms with E-state index >= 15 is 0 Å². The monoisotopic (exact) mass is 294 g/mol. The van der Waals surface area contributed by atoms with E-state index in [2.05, 4.69) is 0 Å². The van der Waals surface area contributed by atoms with Gasteiger partial charge in [-0.25, -0.2) is 9.59 Å². The predicted molar refractivity (Wildman–Crippen MR) is 79.0 cm³/mol. The fraction of sp³-hybridized carbons (Fsp3) is 0.500. The van der Waals surface area contributed by atoms with Crippen molar-refractivity contribution in [3.05, 3.63) is 28.3 Å². The fourth-order valence-corrected chi connectivity index (χ4v) is 2.16. The molecule has 0 atom stereocenters. The molecule has 0 saturated carbocycles. The van der Waals surface area contributed by atoms with Crippen molar-refractivity contribution in [2.24, 2.45) is 0 Å². The first-order valence-corrected chi connectivity index (χ1v) is 6.97. The summed E-state index contributed by atoms with van der Waals surface area (Å²) in [7, 11) is 2.56. The van der Waals surface area contributed by atoms with Crippen molar-refractivity contribution >= 4 is 11.9 Å². The highest BCUT2D eigenvalue weighted by atomic mass is 16.5. The molecule has 21 heavy (non-hydrogen) atoms. The lowest BCUT2D eigenvalue weighted by molar-refractivity contribution is 0.0550. The number of carbonyl (C=O) groups is 2. The number of ether oxygens (including phenoxy) is 3. The summed E-state index contributed by atoms with van der Waals surface area (Å²) in [5, 5.41) is 0. The highest BCUT2D eigenvalue weighted by molar-refractivity contribution is 6.06. The fourth-order valence-electron chi connectivity index (χ4n) is 2.16. The number of carbonyl (C=O) groups excluding carboxylic acids is 2. The number of benzene rings is 1. The third kappa shape index (κ3) is 3.54. The minimum absolute atomic E-state index is 0.132. The van der Waals surface area contributed by atoms with Gasteiger partial charge in [0.15, 0.2) is 0 Å². The van der Waals surface area contributed by atoms with Gasteiger partial charge in [0.1, 0.15) is 11.3 Å². The Hall–Kier alpha value is -2.04. The number of hydrogen-bond donors (Lipinski definition) is 0. The molecule has 0 fully saturated rings. The first-order chi connectivity index (χ1) is 10.0. The largest absolute Gasteiger partial charge is 0.493 e. The van der Waals surface area contributed by atoms with Crippen LogP contribution >= 0.6 is 0 Å². The highest BCUT2D eigenvalue weighted by Crippen LogP contribution is 2.30. The predicted octanol–water partition coefficient (Wildman–Crippen LogP) is 2.92. The maximum absolute atomic E-state index is 12.1. The second-order valence-electron chi connectivity index (χ2n) is 4.59. The van der Waals surface area contributed by atoms with E-state index in [0.29, 0.717) is 17.9 Å². The van der Waals surface area contributed by atoms with Crippen LogP contribution in [0.4, 0.5) is 0 Å². The molecule has 0 saturated heterocycles. The molecule has 0 aliphatic carbocycles. The molecule has 1 rings (SSSR count). The van der Waals surface area contributed by atoms with Crippen molar-refractivity contribution in [3.8, 4) is 5.75 Å². The Balaban J connectivity index is 3.61. The minimum atomic E-state index is -0.604. The van der Waals surface area contributed by atoms with Crippen molar-refractivity contribution in [1.82, 2.24) is 0 Å². The normalized spacial score (nSPS) is 10.1. The molecule has 0 bridgehead atoms. The molecule has 0 heterocycles. The van der Waals surface area contributed by atoms with E-state index in [1.807, 2.05) is 13.8 Å². The van der Waals surface area contributed by atoms with Gasteiger partial charge in [-0.15, -0.1) is 0 Å². The second-order valence-corrected chi connectivity index (χ2v) is 4.59. The van der Waals surface area contributed by atoms with Crippen LogP contribution < -0.4 is 4.74 Å². The zero-order valence-corrected chi connectivity index (χ0v) is 13.2. The lowest BCUT2D eigenvalue weighted by atomic mass is 9.94. The van der Waals surface area contributed by atoms with Gasteiger partial charge in [0.05, 0.1) is 26.4 Å². The second kappa shape index (κ2) is 7.67. The molecule has 5 heteroatoms. The SMILES string of the molecule is CCCOc1cc(CC)c(C)c(C(=O)OC)c1C(=O)OC. The molecule has 116 valence electrons. The van der Waals surface area contributed by atoms with Crippen molar-refractivity contribution in [2.45, 2.75) is 33.6 Å². The number of methoxy groups -OCH3 is 2. The third-order valence-corrected chi connectivity index (χ3v) is 3.28. The van der Waals surface area contributed by atoms with Gasteiger partial charge >= 0.3 is 11.9 Å². The van der Waals surface area contributed by atoms with Gasteiger partial charge in [0.2, 0.25) is 0 Å². The van der Waals surface area contributed by atoms with E-state index in [9.17, 15) is 9.59 Å². The van der Waals surface area contributed by atoms with E-state index in [1.54, 1.807) is 13.0 Å². The molecule has 0 aliphatic heterocycles. The summed E-state index contributed by atoms with van der Waals surface area (Å²) in [5.74, 6) is -0.802. The first-order valence-electron chi connectivity index (χ1n) is 6.97. The number of hydrogen-bond acceptors (Lipinski definition) is 5. The molecule has 0 aliphatic rings. The molecule has 0 spiro atoms. The van der Waals surface area contributed by atoms with Gasteiger partial charge in [0.25, 0.3) is 0 Å². The van der Waals surface area contributed by atoms with Crippen LogP contribution in [0.1, 0.15) is 52.1 Å². The van der Waals surface area contributed by atoms with Crippen molar-refractivity contribution < 1.29 is 23.8 Å². The van der Waals surface area contributed by atoms with Crippen LogP contribution in [0, 0.1) is 6.92 Å². The molecule has 0 N–H and O–H groups in total. The number of rotatable bonds is 6. The summed E-state index contributed by atoms with van der Waals surface area (Å²) in [6, 6.07) is 1.80. The van der Waals surface area contributed by atoms with Gasteiger partial charge in [-0.3, -0.25) is 0 Å². The van der Waals surface area contributed by atoms with Gasteiger partial charge in [0, 0.05) is 0 Å². The molecule has 1 aromatic rings. The average Bonchev–Trinajstić information content (AvgIpc) is 2.51. The van der Waals surface area contributed by atoms with Gasteiger partial charge in [-0.05, 0) is 37.0 Å².